The molecule has 13 nitrogen and oxygen atoms in total. The average Bonchev–Trinajstić information content (AvgIpc) is 2.95. The lowest BCUT2D eigenvalue weighted by molar-refractivity contribution is -0.313. The van der Waals surface area contributed by atoms with Crippen molar-refractivity contribution in [3.05, 3.63) is 35.9 Å². The Morgan fingerprint density at radius 1 is 1.10 bits per heavy atom. The van der Waals surface area contributed by atoms with Gasteiger partial charge in [0.1, 0.15) is 24.4 Å². The van der Waals surface area contributed by atoms with E-state index in [2.05, 4.69) is 16.4 Å². The second kappa shape index (κ2) is 19.5. The maximum absolute atomic E-state index is 11.9. The number of nitrogens with one attached hydrogen (secondary N) is 1. The van der Waals surface area contributed by atoms with Crippen LogP contribution in [-0.4, -0.2) is 100 Å². The second-order valence-corrected chi connectivity index (χ2v) is 11.2. The minimum absolute atomic E-state index is 0.111. The third-order valence-corrected chi connectivity index (χ3v) is 6.75. The van der Waals surface area contributed by atoms with Crippen molar-refractivity contribution in [3.8, 4) is 0 Å². The average molecular weight is 622 g/mol. The van der Waals surface area contributed by atoms with Crippen LogP contribution in [0.25, 0.3) is 0 Å². The maximum atomic E-state index is 11.9. The van der Waals surface area contributed by atoms with Gasteiger partial charge in [-0.25, -0.2) is 4.18 Å². The molecule has 1 aliphatic rings. The predicted molar refractivity (Wildman–Crippen MR) is 152 cm³/mol. The molecule has 242 valence electrons. The van der Waals surface area contributed by atoms with Crippen molar-refractivity contribution in [3.63, 3.8) is 0 Å². The van der Waals surface area contributed by atoms with Crippen LogP contribution in [0.5, 0.6) is 0 Å². The summed E-state index contributed by atoms with van der Waals surface area (Å²) >= 11 is 0. The van der Waals surface area contributed by atoms with Crippen LogP contribution in [0.2, 0.25) is 0 Å². The summed E-state index contributed by atoms with van der Waals surface area (Å²) in [7, 11) is -4.81. The zero-order valence-electron chi connectivity index (χ0n) is 24.9. The van der Waals surface area contributed by atoms with E-state index in [4.69, 9.17) is 33.0 Å². The predicted octanol–water partition coefficient (Wildman–Crippen LogP) is 2.54. The molecule has 0 radical (unpaired) electrons. The molecule has 42 heavy (non-hydrogen) atoms. The normalized spacial score (nSPS) is 22.3. The molecule has 1 fully saturated rings. The van der Waals surface area contributed by atoms with E-state index >= 15 is 0 Å². The zero-order chi connectivity index (χ0) is 31.0. The molecule has 1 saturated heterocycles. The summed E-state index contributed by atoms with van der Waals surface area (Å²) in [4.78, 5) is 11.9. The van der Waals surface area contributed by atoms with E-state index in [0.29, 0.717) is 13.2 Å². The first-order valence-corrected chi connectivity index (χ1v) is 15.8. The molecule has 1 amide bonds. The number of unbranched alkanes of at least 4 members (excludes halogenated alkanes) is 2. The summed E-state index contributed by atoms with van der Waals surface area (Å²) in [5.41, 5.74) is 0.833. The van der Waals surface area contributed by atoms with Gasteiger partial charge in [-0.05, 0) is 19.8 Å². The monoisotopic (exact) mass is 621 g/mol. The van der Waals surface area contributed by atoms with Gasteiger partial charge in [0.15, 0.2) is 12.6 Å². The number of hydrogen-bond acceptors (Lipinski definition) is 11. The molecular weight excluding hydrogens is 574 g/mol. The molecule has 1 aromatic rings. The third-order valence-electron chi connectivity index (χ3n) is 6.32. The standard InChI is InChI=1S/C28H47NO12S/c1-5-7-14-35-17-24(23(31)16-38-42(32,33)34)39-27(20(3)29-21(4)30)40-26-19-37-28(22-12-10-9-11-13-22)41-25(26)18-36-15-8-6-2/h9-13,20,23-28,31H,5-8,14-19H2,1-4H3,(H,29,30)(H,32,33,34)/t20-,23?,24-,25-,26?,27+,28?/m0/s1. The summed E-state index contributed by atoms with van der Waals surface area (Å²) in [5, 5.41) is 13.4. The number of carbonyl (C=O) groups is 1. The summed E-state index contributed by atoms with van der Waals surface area (Å²) in [6.07, 6.45) is -2.25. The minimum atomic E-state index is -4.81. The van der Waals surface area contributed by atoms with E-state index in [1.54, 1.807) is 6.92 Å². The van der Waals surface area contributed by atoms with E-state index < -0.39 is 60.0 Å². The van der Waals surface area contributed by atoms with E-state index in [1.165, 1.54) is 6.92 Å². The SMILES string of the molecule is CCCCOC[C@H](O[C@H](OC1COC(c2ccccc2)O[C@H]1COCCCC)[C@H](C)NC(C)=O)C(O)COS(=O)(=O)O. The van der Waals surface area contributed by atoms with Crippen LogP contribution in [0.3, 0.4) is 0 Å². The molecular formula is C28H47NO12S. The molecule has 1 aromatic carbocycles. The van der Waals surface area contributed by atoms with Gasteiger partial charge in [0.05, 0.1) is 32.5 Å². The first kappa shape index (κ1) is 36.5. The van der Waals surface area contributed by atoms with Crippen molar-refractivity contribution >= 4 is 16.3 Å². The Bertz CT molecular complexity index is 982. The molecule has 3 unspecified atom stereocenters. The Labute approximate surface area is 249 Å². The number of aliphatic hydroxyl groups is 1. The fourth-order valence-corrected chi connectivity index (χ4v) is 4.34. The highest BCUT2D eigenvalue weighted by atomic mass is 32.3. The van der Waals surface area contributed by atoms with Gasteiger partial charge in [0, 0.05) is 25.7 Å². The quantitative estimate of drug-likeness (QED) is 0.104. The molecule has 0 spiro atoms. The molecule has 0 aromatic heterocycles. The fourth-order valence-electron chi connectivity index (χ4n) is 4.03. The van der Waals surface area contributed by atoms with E-state index in [9.17, 15) is 18.3 Å². The summed E-state index contributed by atoms with van der Waals surface area (Å²) < 4.78 is 71.7. The van der Waals surface area contributed by atoms with Crippen LogP contribution in [0.4, 0.5) is 0 Å². The van der Waals surface area contributed by atoms with Gasteiger partial charge < -0.3 is 38.8 Å². The van der Waals surface area contributed by atoms with Crippen molar-refractivity contribution in [2.24, 2.45) is 0 Å². The van der Waals surface area contributed by atoms with E-state index in [-0.39, 0.29) is 25.7 Å². The lowest BCUT2D eigenvalue weighted by Gasteiger charge is -2.40. The molecule has 0 aliphatic carbocycles. The first-order valence-electron chi connectivity index (χ1n) is 14.4. The molecule has 1 aliphatic heterocycles. The van der Waals surface area contributed by atoms with Crippen molar-refractivity contribution in [2.75, 3.05) is 39.6 Å². The Hall–Kier alpha value is -1.72. The summed E-state index contributed by atoms with van der Waals surface area (Å²) in [6, 6.07) is 8.73. The lowest BCUT2D eigenvalue weighted by Crippen LogP contribution is -2.53. The van der Waals surface area contributed by atoms with Crippen molar-refractivity contribution < 1.29 is 55.5 Å². The van der Waals surface area contributed by atoms with Crippen LogP contribution < -0.4 is 5.32 Å². The Morgan fingerprint density at radius 2 is 1.76 bits per heavy atom. The first-order chi connectivity index (χ1) is 20.0. The number of amides is 1. The number of benzene rings is 1. The number of carbonyl (C=O) groups excluding carboxylic acids is 1. The molecule has 0 bridgehead atoms. The maximum Gasteiger partial charge on any atom is 0.397 e. The van der Waals surface area contributed by atoms with Gasteiger partial charge in [0.2, 0.25) is 5.91 Å². The van der Waals surface area contributed by atoms with Crippen LogP contribution in [0, 0.1) is 0 Å². The Morgan fingerprint density at radius 3 is 2.38 bits per heavy atom. The highest BCUT2D eigenvalue weighted by Gasteiger charge is 2.38. The van der Waals surface area contributed by atoms with Gasteiger partial charge >= 0.3 is 10.4 Å². The largest absolute Gasteiger partial charge is 0.397 e. The Balaban J connectivity index is 2.24. The molecule has 2 rings (SSSR count). The van der Waals surface area contributed by atoms with Gasteiger partial charge in [-0.1, -0.05) is 57.0 Å². The Kier molecular flexibility index (Phi) is 17.0. The highest BCUT2D eigenvalue weighted by Crippen LogP contribution is 2.29. The topological polar surface area (TPSA) is 168 Å². The number of rotatable bonds is 21. The number of ether oxygens (including phenoxy) is 6. The van der Waals surface area contributed by atoms with E-state index in [0.717, 1.165) is 31.2 Å². The van der Waals surface area contributed by atoms with Gasteiger partial charge in [0.25, 0.3) is 0 Å². The van der Waals surface area contributed by atoms with Gasteiger partial charge in [-0.3, -0.25) is 9.35 Å². The van der Waals surface area contributed by atoms with Crippen molar-refractivity contribution in [2.45, 2.75) is 96.4 Å². The second-order valence-electron chi connectivity index (χ2n) is 10.1. The number of aliphatic hydroxyl groups excluding tert-OH is 1. The van der Waals surface area contributed by atoms with Crippen molar-refractivity contribution in [1.82, 2.24) is 5.32 Å². The molecule has 3 N–H and O–H groups in total. The van der Waals surface area contributed by atoms with Crippen LogP contribution in [0.15, 0.2) is 30.3 Å². The summed E-state index contributed by atoms with van der Waals surface area (Å²) in [5.74, 6) is -0.342. The molecule has 1 heterocycles. The third kappa shape index (κ3) is 14.2. The summed E-state index contributed by atoms with van der Waals surface area (Å²) in [6.45, 7) is 7.37. The van der Waals surface area contributed by atoms with Crippen molar-refractivity contribution in [1.29, 1.82) is 0 Å². The molecule has 7 atom stereocenters. The smallest absolute Gasteiger partial charge is 0.388 e. The molecule has 14 heteroatoms. The van der Waals surface area contributed by atoms with Crippen LogP contribution in [0.1, 0.15) is 65.2 Å². The van der Waals surface area contributed by atoms with E-state index in [1.807, 2.05) is 37.3 Å². The fraction of sp³-hybridized carbons (Fsp3) is 0.750. The van der Waals surface area contributed by atoms with Gasteiger partial charge in [-0.2, -0.15) is 8.42 Å². The van der Waals surface area contributed by atoms with Gasteiger partial charge in [-0.15, -0.1) is 0 Å². The lowest BCUT2D eigenvalue weighted by atomic mass is 10.1. The van der Waals surface area contributed by atoms with Crippen LogP contribution in [-0.2, 0) is 47.8 Å². The zero-order valence-corrected chi connectivity index (χ0v) is 25.7. The molecule has 0 saturated carbocycles. The van der Waals surface area contributed by atoms with Crippen LogP contribution >= 0.6 is 0 Å². The number of hydrogen-bond donors (Lipinski definition) is 3. The highest BCUT2D eigenvalue weighted by molar-refractivity contribution is 7.80. The minimum Gasteiger partial charge on any atom is -0.388 e.